The van der Waals surface area contributed by atoms with E-state index in [0.717, 1.165) is 17.0 Å². The van der Waals surface area contributed by atoms with Gasteiger partial charge in [0, 0.05) is 11.8 Å². The van der Waals surface area contributed by atoms with E-state index in [0.29, 0.717) is 17.7 Å². The first-order valence-electron chi connectivity index (χ1n) is 7.39. The molecule has 0 radical (unpaired) electrons. The van der Waals surface area contributed by atoms with Gasteiger partial charge in [-0.3, -0.25) is 0 Å². The van der Waals surface area contributed by atoms with E-state index in [4.69, 9.17) is 4.74 Å². The quantitative estimate of drug-likeness (QED) is 0.872. The van der Waals surface area contributed by atoms with Crippen LogP contribution in [0.25, 0.3) is 0 Å². The molecular weight excluding hydrogens is 262 g/mol. The molecule has 0 spiro atoms. The van der Waals surface area contributed by atoms with Gasteiger partial charge in [-0.15, -0.1) is 0 Å². The predicted octanol–water partition coefficient (Wildman–Crippen LogP) is 4.61. The standard InChI is InChI=1S/C18H23NO2/c1-12(2)15-5-7-16(8-6-15)21-18-10-14(11-20)9-17(19-18)13(3)4/h5-10,12-13,20H,11H2,1-4H3. The first kappa shape index (κ1) is 15.5. The Morgan fingerprint density at radius 1 is 1.00 bits per heavy atom. The molecule has 1 N–H and O–H groups in total. The van der Waals surface area contributed by atoms with Crippen LogP contribution in [0.15, 0.2) is 36.4 Å². The summed E-state index contributed by atoms with van der Waals surface area (Å²) in [6, 6.07) is 11.7. The Bertz CT molecular complexity index is 589. The monoisotopic (exact) mass is 285 g/mol. The van der Waals surface area contributed by atoms with E-state index in [1.54, 1.807) is 6.07 Å². The molecule has 3 heteroatoms. The van der Waals surface area contributed by atoms with Gasteiger partial charge in [0.2, 0.25) is 5.88 Å². The van der Waals surface area contributed by atoms with E-state index in [2.05, 4.69) is 44.8 Å². The second-order valence-electron chi connectivity index (χ2n) is 5.88. The van der Waals surface area contributed by atoms with Crippen molar-refractivity contribution in [2.24, 2.45) is 0 Å². The highest BCUT2D eigenvalue weighted by atomic mass is 16.5. The maximum atomic E-state index is 9.35. The fraction of sp³-hybridized carbons (Fsp3) is 0.389. The van der Waals surface area contributed by atoms with Crippen molar-refractivity contribution in [1.82, 2.24) is 4.98 Å². The lowest BCUT2D eigenvalue weighted by Gasteiger charge is -2.12. The summed E-state index contributed by atoms with van der Waals surface area (Å²) in [4.78, 5) is 4.50. The van der Waals surface area contributed by atoms with Crippen LogP contribution < -0.4 is 4.74 Å². The van der Waals surface area contributed by atoms with Gasteiger partial charge >= 0.3 is 0 Å². The number of aliphatic hydroxyl groups is 1. The van der Waals surface area contributed by atoms with Crippen molar-refractivity contribution in [2.75, 3.05) is 0 Å². The summed E-state index contributed by atoms with van der Waals surface area (Å²) in [5.41, 5.74) is 3.03. The van der Waals surface area contributed by atoms with Crippen LogP contribution in [0.5, 0.6) is 11.6 Å². The zero-order valence-electron chi connectivity index (χ0n) is 13.1. The van der Waals surface area contributed by atoms with Gasteiger partial charge < -0.3 is 9.84 Å². The normalized spacial score (nSPS) is 11.2. The minimum Gasteiger partial charge on any atom is -0.439 e. The Kier molecular flexibility index (Phi) is 4.97. The second-order valence-corrected chi connectivity index (χ2v) is 5.88. The molecule has 3 nitrogen and oxygen atoms in total. The molecule has 1 heterocycles. The molecule has 0 saturated heterocycles. The third kappa shape index (κ3) is 4.05. The third-order valence-corrected chi connectivity index (χ3v) is 3.42. The number of rotatable bonds is 5. The molecule has 0 atom stereocenters. The number of aliphatic hydroxyl groups excluding tert-OH is 1. The minimum absolute atomic E-state index is 0.00904. The van der Waals surface area contributed by atoms with Crippen LogP contribution in [0.3, 0.4) is 0 Å². The van der Waals surface area contributed by atoms with Crippen molar-refractivity contribution >= 4 is 0 Å². The zero-order valence-corrected chi connectivity index (χ0v) is 13.1. The maximum Gasteiger partial charge on any atom is 0.219 e. The summed E-state index contributed by atoms with van der Waals surface area (Å²) >= 11 is 0. The Hall–Kier alpha value is -1.87. The van der Waals surface area contributed by atoms with Gasteiger partial charge in [0.25, 0.3) is 0 Å². The van der Waals surface area contributed by atoms with Crippen LogP contribution in [-0.2, 0) is 6.61 Å². The number of nitrogens with zero attached hydrogens (tertiary/aromatic N) is 1. The second kappa shape index (κ2) is 6.72. The summed E-state index contributed by atoms with van der Waals surface area (Å²) in [5.74, 6) is 2.09. The van der Waals surface area contributed by atoms with E-state index in [9.17, 15) is 5.11 Å². The van der Waals surface area contributed by atoms with Gasteiger partial charge in [-0.1, -0.05) is 39.8 Å². The highest BCUT2D eigenvalue weighted by Gasteiger charge is 2.08. The maximum absolute atomic E-state index is 9.35. The van der Waals surface area contributed by atoms with Crippen molar-refractivity contribution in [3.63, 3.8) is 0 Å². The average molecular weight is 285 g/mol. The Morgan fingerprint density at radius 3 is 2.19 bits per heavy atom. The van der Waals surface area contributed by atoms with Gasteiger partial charge in [0.1, 0.15) is 5.75 Å². The summed E-state index contributed by atoms with van der Waals surface area (Å²) in [7, 11) is 0. The van der Waals surface area contributed by atoms with Crippen LogP contribution >= 0.6 is 0 Å². The molecule has 112 valence electrons. The highest BCUT2D eigenvalue weighted by molar-refractivity contribution is 5.34. The molecular formula is C18H23NO2. The molecule has 0 aliphatic heterocycles. The van der Waals surface area contributed by atoms with Crippen molar-refractivity contribution in [2.45, 2.75) is 46.1 Å². The molecule has 0 aliphatic rings. The lowest BCUT2D eigenvalue weighted by Crippen LogP contribution is -1.99. The Labute approximate surface area is 126 Å². The van der Waals surface area contributed by atoms with Gasteiger partial charge in [0.15, 0.2) is 0 Å². The van der Waals surface area contributed by atoms with E-state index in [-0.39, 0.29) is 6.61 Å². The minimum atomic E-state index is -0.00904. The van der Waals surface area contributed by atoms with E-state index < -0.39 is 0 Å². The van der Waals surface area contributed by atoms with Gasteiger partial charge in [0.05, 0.1) is 6.61 Å². The summed E-state index contributed by atoms with van der Waals surface area (Å²) in [6.45, 7) is 8.47. The fourth-order valence-corrected chi connectivity index (χ4v) is 2.06. The molecule has 21 heavy (non-hydrogen) atoms. The highest BCUT2D eigenvalue weighted by Crippen LogP contribution is 2.25. The summed E-state index contributed by atoms with van der Waals surface area (Å²) in [6.07, 6.45) is 0. The van der Waals surface area contributed by atoms with Gasteiger partial charge in [-0.25, -0.2) is 4.98 Å². The first-order valence-corrected chi connectivity index (χ1v) is 7.39. The van der Waals surface area contributed by atoms with Crippen LogP contribution in [0, 0.1) is 0 Å². The summed E-state index contributed by atoms with van der Waals surface area (Å²) < 4.78 is 5.82. The van der Waals surface area contributed by atoms with Crippen LogP contribution in [-0.4, -0.2) is 10.1 Å². The van der Waals surface area contributed by atoms with E-state index in [1.165, 1.54) is 5.56 Å². The van der Waals surface area contributed by atoms with Crippen molar-refractivity contribution in [3.05, 3.63) is 53.2 Å². The molecule has 1 aromatic carbocycles. The van der Waals surface area contributed by atoms with Crippen LogP contribution in [0.2, 0.25) is 0 Å². The molecule has 0 bridgehead atoms. The molecule has 0 unspecified atom stereocenters. The Morgan fingerprint density at radius 2 is 1.67 bits per heavy atom. The molecule has 0 aliphatic carbocycles. The number of benzene rings is 1. The summed E-state index contributed by atoms with van der Waals surface area (Å²) in [5, 5.41) is 9.35. The molecule has 0 amide bonds. The smallest absolute Gasteiger partial charge is 0.219 e. The molecule has 2 aromatic rings. The number of hydrogen-bond acceptors (Lipinski definition) is 3. The van der Waals surface area contributed by atoms with E-state index >= 15 is 0 Å². The molecule has 0 fully saturated rings. The van der Waals surface area contributed by atoms with Crippen molar-refractivity contribution in [1.29, 1.82) is 0 Å². The molecule has 2 rings (SSSR count). The van der Waals surface area contributed by atoms with Crippen LogP contribution in [0.4, 0.5) is 0 Å². The Balaban J connectivity index is 2.24. The van der Waals surface area contributed by atoms with Crippen molar-refractivity contribution < 1.29 is 9.84 Å². The molecule has 0 saturated carbocycles. The number of pyridine rings is 1. The first-order chi connectivity index (χ1) is 9.99. The van der Waals surface area contributed by atoms with Crippen molar-refractivity contribution in [3.8, 4) is 11.6 Å². The SMILES string of the molecule is CC(C)c1ccc(Oc2cc(CO)cc(C(C)C)n2)cc1. The zero-order chi connectivity index (χ0) is 15.4. The largest absolute Gasteiger partial charge is 0.439 e. The lowest BCUT2D eigenvalue weighted by molar-refractivity contribution is 0.280. The number of ether oxygens (including phenoxy) is 1. The predicted molar refractivity (Wildman–Crippen MR) is 84.9 cm³/mol. The third-order valence-electron chi connectivity index (χ3n) is 3.42. The topological polar surface area (TPSA) is 42.4 Å². The molecule has 1 aromatic heterocycles. The lowest BCUT2D eigenvalue weighted by atomic mass is 10.0. The van der Waals surface area contributed by atoms with Crippen LogP contribution in [0.1, 0.15) is 56.4 Å². The van der Waals surface area contributed by atoms with Gasteiger partial charge in [-0.2, -0.15) is 0 Å². The number of hydrogen-bond donors (Lipinski definition) is 1. The fourth-order valence-electron chi connectivity index (χ4n) is 2.06. The van der Waals surface area contributed by atoms with Gasteiger partial charge in [-0.05, 0) is 41.2 Å². The number of aromatic nitrogens is 1. The average Bonchev–Trinajstić information content (AvgIpc) is 2.47. The van der Waals surface area contributed by atoms with E-state index in [1.807, 2.05) is 18.2 Å².